The Balaban J connectivity index is 0.00000220. The summed E-state index contributed by atoms with van der Waals surface area (Å²) in [7, 11) is 0. The fourth-order valence-corrected chi connectivity index (χ4v) is 2.82. The minimum Gasteiger partial charge on any atom is -0.342 e. The number of carbonyl (C=O) groups is 3. The van der Waals surface area contributed by atoms with Gasteiger partial charge in [-0.25, -0.2) is 0 Å². The van der Waals surface area contributed by atoms with Crippen LogP contribution in [0.4, 0.5) is 0 Å². The van der Waals surface area contributed by atoms with Gasteiger partial charge in [0.25, 0.3) is 0 Å². The summed E-state index contributed by atoms with van der Waals surface area (Å²) >= 11 is 0. The van der Waals surface area contributed by atoms with Gasteiger partial charge in [0.2, 0.25) is 17.7 Å². The van der Waals surface area contributed by atoms with Crippen LogP contribution in [0, 0.1) is 5.41 Å². The van der Waals surface area contributed by atoms with E-state index in [4.69, 9.17) is 5.73 Å². The molecule has 7 heteroatoms. The van der Waals surface area contributed by atoms with Crippen molar-refractivity contribution < 1.29 is 14.4 Å². The number of imide groups is 1. The summed E-state index contributed by atoms with van der Waals surface area (Å²) in [5.74, 6) is -0.329. The Labute approximate surface area is 131 Å². The highest BCUT2D eigenvalue weighted by molar-refractivity contribution is 6.02. The van der Waals surface area contributed by atoms with Crippen molar-refractivity contribution in [1.29, 1.82) is 0 Å². The van der Waals surface area contributed by atoms with E-state index in [1.165, 1.54) is 4.90 Å². The number of hydrogen-bond acceptors (Lipinski definition) is 4. The molecule has 0 aromatic rings. The van der Waals surface area contributed by atoms with Gasteiger partial charge in [0.1, 0.15) is 0 Å². The van der Waals surface area contributed by atoms with Crippen molar-refractivity contribution in [3.05, 3.63) is 0 Å². The number of rotatable bonds is 3. The summed E-state index contributed by atoms with van der Waals surface area (Å²) in [6, 6.07) is 0.105. The van der Waals surface area contributed by atoms with Crippen molar-refractivity contribution in [2.45, 2.75) is 45.6 Å². The van der Waals surface area contributed by atoms with Crippen molar-refractivity contribution in [1.82, 2.24) is 9.80 Å². The zero-order valence-electron chi connectivity index (χ0n) is 12.6. The van der Waals surface area contributed by atoms with Crippen LogP contribution < -0.4 is 5.73 Å². The van der Waals surface area contributed by atoms with Gasteiger partial charge >= 0.3 is 0 Å². The second-order valence-electron chi connectivity index (χ2n) is 6.39. The number of piperidine rings is 1. The first-order valence-corrected chi connectivity index (χ1v) is 7.18. The molecule has 21 heavy (non-hydrogen) atoms. The molecule has 0 aromatic heterocycles. The maximum atomic E-state index is 12.2. The fraction of sp³-hybridized carbons (Fsp3) is 0.786. The van der Waals surface area contributed by atoms with E-state index in [1.54, 1.807) is 4.90 Å². The predicted octanol–water partition coefficient (Wildman–Crippen LogP) is 0.533. The van der Waals surface area contributed by atoms with E-state index in [0.29, 0.717) is 13.1 Å². The molecule has 2 saturated heterocycles. The summed E-state index contributed by atoms with van der Waals surface area (Å²) in [4.78, 5) is 38.2. The lowest BCUT2D eigenvalue weighted by molar-refractivity contribution is -0.140. The van der Waals surface area contributed by atoms with Crippen LogP contribution >= 0.6 is 12.4 Å². The third kappa shape index (κ3) is 3.95. The van der Waals surface area contributed by atoms with Crippen molar-refractivity contribution in [2.24, 2.45) is 11.1 Å². The van der Waals surface area contributed by atoms with Gasteiger partial charge in [0.15, 0.2) is 0 Å². The molecular weight excluding hydrogens is 294 g/mol. The average molecular weight is 318 g/mol. The van der Waals surface area contributed by atoms with E-state index in [9.17, 15) is 14.4 Å². The predicted molar refractivity (Wildman–Crippen MR) is 80.8 cm³/mol. The summed E-state index contributed by atoms with van der Waals surface area (Å²) < 4.78 is 0. The maximum absolute atomic E-state index is 12.2. The van der Waals surface area contributed by atoms with Crippen LogP contribution in [0.25, 0.3) is 0 Å². The first kappa shape index (κ1) is 17.9. The zero-order chi connectivity index (χ0) is 14.9. The molecule has 120 valence electrons. The number of likely N-dealkylation sites (tertiary alicyclic amines) is 2. The Morgan fingerprint density at radius 2 is 1.86 bits per heavy atom. The molecule has 0 bridgehead atoms. The van der Waals surface area contributed by atoms with Gasteiger partial charge in [0.05, 0.1) is 0 Å². The summed E-state index contributed by atoms with van der Waals surface area (Å²) in [6.45, 7) is 5.62. The van der Waals surface area contributed by atoms with Crippen LogP contribution in [-0.2, 0) is 14.4 Å². The molecule has 2 N–H and O–H groups in total. The van der Waals surface area contributed by atoms with Gasteiger partial charge in [-0.05, 0) is 11.8 Å². The summed E-state index contributed by atoms with van der Waals surface area (Å²) in [6.07, 6.45) is 1.56. The van der Waals surface area contributed by atoms with E-state index in [0.717, 1.165) is 6.42 Å². The van der Waals surface area contributed by atoms with Crippen LogP contribution in [0.2, 0.25) is 0 Å². The monoisotopic (exact) mass is 317 g/mol. The van der Waals surface area contributed by atoms with Crippen molar-refractivity contribution in [2.75, 3.05) is 19.6 Å². The molecule has 0 aromatic carbocycles. The number of carbonyl (C=O) groups excluding carboxylic acids is 3. The molecule has 6 nitrogen and oxygen atoms in total. The number of nitrogens with two attached hydrogens (primary N) is 1. The number of nitrogens with zero attached hydrogens (tertiary/aromatic N) is 2. The quantitative estimate of drug-likeness (QED) is 0.770. The van der Waals surface area contributed by atoms with Crippen molar-refractivity contribution >= 4 is 30.1 Å². The molecule has 1 atom stereocenters. The molecule has 2 aliphatic rings. The van der Waals surface area contributed by atoms with Gasteiger partial charge in [-0.3, -0.25) is 19.3 Å². The third-order valence-corrected chi connectivity index (χ3v) is 4.37. The Morgan fingerprint density at radius 1 is 1.29 bits per heavy atom. The average Bonchev–Trinajstić information content (AvgIpc) is 2.69. The summed E-state index contributed by atoms with van der Waals surface area (Å²) in [5.41, 5.74) is 5.96. The van der Waals surface area contributed by atoms with E-state index in [1.807, 2.05) is 0 Å². The van der Waals surface area contributed by atoms with Gasteiger partial charge in [-0.1, -0.05) is 13.8 Å². The van der Waals surface area contributed by atoms with E-state index in [-0.39, 0.29) is 67.4 Å². The second-order valence-corrected chi connectivity index (χ2v) is 6.39. The maximum Gasteiger partial charge on any atom is 0.229 e. The molecule has 2 fully saturated rings. The molecule has 0 spiro atoms. The van der Waals surface area contributed by atoms with Crippen LogP contribution in [0.5, 0.6) is 0 Å². The number of hydrogen-bond donors (Lipinski definition) is 1. The minimum absolute atomic E-state index is 0. The number of halogens is 1. The van der Waals surface area contributed by atoms with Crippen molar-refractivity contribution in [3.63, 3.8) is 0 Å². The van der Waals surface area contributed by atoms with Crippen LogP contribution in [0.15, 0.2) is 0 Å². The molecular formula is C14H24ClN3O3. The highest BCUT2D eigenvalue weighted by atomic mass is 35.5. The molecule has 2 rings (SSSR count). The molecule has 0 saturated carbocycles. The highest BCUT2D eigenvalue weighted by Gasteiger charge is 2.36. The van der Waals surface area contributed by atoms with Crippen LogP contribution in [0.1, 0.15) is 39.5 Å². The Kier molecular flexibility index (Phi) is 5.75. The Bertz CT molecular complexity index is 423. The lowest BCUT2D eigenvalue weighted by atomic mass is 9.79. The molecule has 1 unspecified atom stereocenters. The number of amides is 3. The zero-order valence-corrected chi connectivity index (χ0v) is 13.4. The molecule has 0 radical (unpaired) electrons. The van der Waals surface area contributed by atoms with E-state index in [2.05, 4.69) is 13.8 Å². The fourth-order valence-electron chi connectivity index (χ4n) is 2.82. The van der Waals surface area contributed by atoms with E-state index < -0.39 is 0 Å². The Hall–Kier alpha value is -1.14. The standard InChI is InChI=1S/C14H23N3O3.ClH/c1-14(2)9-16(7-5-10(14)15)11(18)6-8-17-12(19)3-4-13(17)20;/h10H,3-9,15H2,1-2H3;1H. The minimum atomic E-state index is -0.163. The van der Waals surface area contributed by atoms with Gasteiger partial charge in [0, 0.05) is 44.9 Å². The third-order valence-electron chi connectivity index (χ3n) is 4.37. The SMILES string of the molecule is CC1(C)CN(C(=O)CCN2C(=O)CCC2=O)CCC1N.Cl. The second kappa shape index (κ2) is 6.75. The Morgan fingerprint density at radius 3 is 2.38 bits per heavy atom. The normalized spacial score (nSPS) is 25.0. The first-order chi connectivity index (χ1) is 9.31. The van der Waals surface area contributed by atoms with Gasteiger partial charge in [-0.15, -0.1) is 12.4 Å². The molecule has 3 amide bonds. The topological polar surface area (TPSA) is 83.7 Å². The van der Waals surface area contributed by atoms with Gasteiger partial charge < -0.3 is 10.6 Å². The van der Waals surface area contributed by atoms with Gasteiger partial charge in [-0.2, -0.15) is 0 Å². The largest absolute Gasteiger partial charge is 0.342 e. The smallest absolute Gasteiger partial charge is 0.229 e. The summed E-state index contributed by atoms with van der Waals surface area (Å²) in [5, 5.41) is 0. The van der Waals surface area contributed by atoms with Crippen LogP contribution in [-0.4, -0.2) is 53.2 Å². The molecule has 0 aliphatic carbocycles. The highest BCUT2D eigenvalue weighted by Crippen LogP contribution is 2.28. The molecule has 2 aliphatic heterocycles. The lowest BCUT2D eigenvalue weighted by Gasteiger charge is -2.42. The van der Waals surface area contributed by atoms with Crippen molar-refractivity contribution in [3.8, 4) is 0 Å². The first-order valence-electron chi connectivity index (χ1n) is 7.18. The lowest BCUT2D eigenvalue weighted by Crippen LogP contribution is -2.54. The molecule has 2 heterocycles. The van der Waals surface area contributed by atoms with E-state index >= 15 is 0 Å². The van der Waals surface area contributed by atoms with Crippen LogP contribution in [0.3, 0.4) is 0 Å².